The van der Waals surface area contributed by atoms with Crippen molar-refractivity contribution in [2.75, 3.05) is 0 Å². The molecule has 6 aromatic rings. The van der Waals surface area contributed by atoms with E-state index in [1.165, 1.54) is 12.1 Å². The Morgan fingerprint density at radius 3 is 1.29 bits per heavy atom. The van der Waals surface area contributed by atoms with Gasteiger partial charge in [-0.25, -0.2) is 9.97 Å². The second-order valence-electron chi connectivity index (χ2n) is 11.5. The second kappa shape index (κ2) is 12.1. The van der Waals surface area contributed by atoms with Crippen molar-refractivity contribution in [2.45, 2.75) is 33.1 Å². The van der Waals surface area contributed by atoms with Gasteiger partial charge in [0.1, 0.15) is 10.3 Å². The van der Waals surface area contributed by atoms with Crippen LogP contribution in [-0.4, -0.2) is 19.9 Å². The highest BCUT2D eigenvalue weighted by atomic mass is 35.5. The lowest BCUT2D eigenvalue weighted by Gasteiger charge is -2.27. The zero-order valence-electron chi connectivity index (χ0n) is 25.0. The number of rotatable bonds is 6. The number of aromatic nitrogens is 4. The summed E-state index contributed by atoms with van der Waals surface area (Å²) in [5.41, 5.74) is 8.84. The van der Waals surface area contributed by atoms with Gasteiger partial charge in [0.15, 0.2) is 0 Å². The lowest BCUT2D eigenvalue weighted by atomic mass is 9.81. The van der Waals surface area contributed by atoms with E-state index in [1.807, 2.05) is 88.4 Å². The van der Waals surface area contributed by atoms with Crippen LogP contribution in [0.2, 0.25) is 10.3 Å². The Balaban J connectivity index is 1.60. The minimum Gasteiger partial charge on any atom is -0.252 e. The van der Waals surface area contributed by atoms with Crippen LogP contribution in [0.5, 0.6) is 0 Å². The summed E-state index contributed by atoms with van der Waals surface area (Å²) in [7, 11) is 0. The predicted octanol–water partition coefficient (Wildman–Crippen LogP) is 10.5. The SMILES string of the molecule is Cc1ccccc1-c1cc(-c2ccc(F)nc2Cl)nc(C(C)(C)c2cc(-c3ccccc3C)cc(-c3ccc(F)nc3Cl)n2)c1. The smallest absolute Gasteiger partial charge is 0.214 e. The normalized spacial score (nSPS) is 11.6. The minimum atomic E-state index is -0.763. The highest BCUT2D eigenvalue weighted by Gasteiger charge is 2.30. The Labute approximate surface area is 270 Å². The predicted molar refractivity (Wildman–Crippen MR) is 177 cm³/mol. The summed E-state index contributed by atoms with van der Waals surface area (Å²) in [6.45, 7) is 8.19. The van der Waals surface area contributed by atoms with Crippen LogP contribution in [0, 0.1) is 25.7 Å². The maximum absolute atomic E-state index is 13.9. The molecule has 0 aliphatic carbocycles. The average Bonchev–Trinajstić information content (AvgIpc) is 3.01. The van der Waals surface area contributed by atoms with Gasteiger partial charge in [0.25, 0.3) is 0 Å². The molecule has 0 bridgehead atoms. The quantitative estimate of drug-likeness (QED) is 0.171. The van der Waals surface area contributed by atoms with Crippen LogP contribution in [0.15, 0.2) is 97.1 Å². The van der Waals surface area contributed by atoms with Gasteiger partial charge < -0.3 is 0 Å². The lowest BCUT2D eigenvalue weighted by Crippen LogP contribution is -2.23. The summed E-state index contributed by atoms with van der Waals surface area (Å²) in [4.78, 5) is 17.8. The molecule has 45 heavy (non-hydrogen) atoms. The van der Waals surface area contributed by atoms with Gasteiger partial charge in [-0.1, -0.05) is 71.7 Å². The molecule has 4 heterocycles. The molecule has 0 saturated heterocycles. The van der Waals surface area contributed by atoms with Crippen LogP contribution in [0.3, 0.4) is 0 Å². The number of hydrogen-bond donors (Lipinski definition) is 0. The van der Waals surface area contributed by atoms with Gasteiger partial charge in [0.05, 0.1) is 22.8 Å². The van der Waals surface area contributed by atoms with Crippen LogP contribution in [0.1, 0.15) is 36.4 Å². The van der Waals surface area contributed by atoms with E-state index in [2.05, 4.69) is 22.1 Å². The van der Waals surface area contributed by atoms with Crippen molar-refractivity contribution in [2.24, 2.45) is 0 Å². The van der Waals surface area contributed by atoms with Crippen LogP contribution in [0.4, 0.5) is 8.78 Å². The third kappa shape index (κ3) is 6.08. The van der Waals surface area contributed by atoms with Gasteiger partial charge >= 0.3 is 0 Å². The van der Waals surface area contributed by atoms with E-state index in [9.17, 15) is 8.78 Å². The average molecular weight is 638 g/mol. The van der Waals surface area contributed by atoms with Crippen molar-refractivity contribution < 1.29 is 8.78 Å². The van der Waals surface area contributed by atoms with Crippen molar-refractivity contribution in [1.82, 2.24) is 19.9 Å². The summed E-state index contributed by atoms with van der Waals surface area (Å²) in [6, 6.07) is 29.8. The first-order valence-electron chi connectivity index (χ1n) is 14.3. The summed E-state index contributed by atoms with van der Waals surface area (Å²) >= 11 is 12.9. The number of hydrogen-bond acceptors (Lipinski definition) is 4. The van der Waals surface area contributed by atoms with E-state index < -0.39 is 17.3 Å². The van der Waals surface area contributed by atoms with E-state index in [4.69, 9.17) is 33.2 Å². The van der Waals surface area contributed by atoms with E-state index >= 15 is 0 Å². The molecule has 0 saturated carbocycles. The number of pyridine rings is 4. The minimum absolute atomic E-state index is 0.0219. The zero-order chi connectivity index (χ0) is 31.9. The lowest BCUT2D eigenvalue weighted by molar-refractivity contribution is 0.584. The fraction of sp³-hybridized carbons (Fsp3) is 0.135. The van der Waals surface area contributed by atoms with Crippen molar-refractivity contribution in [1.29, 1.82) is 0 Å². The van der Waals surface area contributed by atoms with Crippen LogP contribution in [-0.2, 0) is 5.41 Å². The molecule has 0 aliphatic heterocycles. The number of benzene rings is 2. The van der Waals surface area contributed by atoms with Gasteiger partial charge in [-0.3, -0.25) is 9.97 Å². The molecule has 4 aromatic heterocycles. The second-order valence-corrected chi connectivity index (χ2v) is 12.2. The van der Waals surface area contributed by atoms with Gasteiger partial charge in [-0.05, 0) is 110 Å². The van der Waals surface area contributed by atoms with E-state index in [0.717, 1.165) is 33.4 Å². The summed E-state index contributed by atoms with van der Waals surface area (Å²) in [6.07, 6.45) is 0. The molecular formula is C37H28Cl2F2N4. The molecule has 0 aliphatic rings. The van der Waals surface area contributed by atoms with E-state index in [-0.39, 0.29) is 10.3 Å². The van der Waals surface area contributed by atoms with Gasteiger partial charge in [-0.2, -0.15) is 8.78 Å². The monoisotopic (exact) mass is 636 g/mol. The molecule has 224 valence electrons. The fourth-order valence-electron chi connectivity index (χ4n) is 5.42. The molecule has 0 spiro atoms. The molecule has 6 rings (SSSR count). The first kappa shape index (κ1) is 30.5. The largest absolute Gasteiger partial charge is 0.252 e. The van der Waals surface area contributed by atoms with E-state index in [1.54, 1.807) is 12.1 Å². The molecule has 4 nitrogen and oxygen atoms in total. The van der Waals surface area contributed by atoms with Crippen molar-refractivity contribution >= 4 is 23.2 Å². The Morgan fingerprint density at radius 1 is 0.511 bits per heavy atom. The third-order valence-corrected chi connectivity index (χ3v) is 8.60. The van der Waals surface area contributed by atoms with Crippen molar-refractivity contribution in [3.63, 3.8) is 0 Å². The zero-order valence-corrected chi connectivity index (χ0v) is 26.6. The summed E-state index contributed by atoms with van der Waals surface area (Å²) in [5.74, 6) is -1.34. The molecule has 0 radical (unpaired) electrons. The molecular weight excluding hydrogens is 609 g/mol. The standard InChI is InChI=1S/C37H28Cl2F2N4/c1-21-9-5-7-11-25(21)23-17-29(27-13-15-33(40)44-35(27)38)42-31(19-23)37(3,4)32-20-24(26-12-8-6-10-22(26)2)18-30(43-32)28-14-16-34(41)45-36(28)39/h5-20H,1-4H3. The fourth-order valence-corrected chi connectivity index (χ4v) is 5.90. The maximum Gasteiger partial charge on any atom is 0.214 e. The van der Waals surface area contributed by atoms with Gasteiger partial charge in [0.2, 0.25) is 11.9 Å². The van der Waals surface area contributed by atoms with E-state index in [0.29, 0.717) is 33.9 Å². The number of halogens is 4. The first-order valence-corrected chi connectivity index (χ1v) is 15.1. The van der Waals surface area contributed by atoms with Crippen LogP contribution in [0.25, 0.3) is 44.8 Å². The first-order chi connectivity index (χ1) is 21.5. The molecule has 0 atom stereocenters. The Kier molecular flexibility index (Phi) is 8.21. The molecule has 0 unspecified atom stereocenters. The molecule has 0 amide bonds. The van der Waals surface area contributed by atoms with Crippen LogP contribution < -0.4 is 0 Å². The highest BCUT2D eigenvalue weighted by Crippen LogP contribution is 2.39. The Morgan fingerprint density at radius 2 is 0.911 bits per heavy atom. The number of aryl methyl sites for hydroxylation is 2. The molecule has 0 N–H and O–H groups in total. The third-order valence-electron chi connectivity index (χ3n) is 8.02. The Hall–Kier alpha value is -4.52. The Bertz CT molecular complexity index is 1930. The van der Waals surface area contributed by atoms with Gasteiger partial charge in [0, 0.05) is 16.5 Å². The molecule has 8 heteroatoms. The van der Waals surface area contributed by atoms with Gasteiger partial charge in [-0.15, -0.1) is 0 Å². The van der Waals surface area contributed by atoms with Crippen LogP contribution >= 0.6 is 23.2 Å². The highest BCUT2D eigenvalue weighted by molar-refractivity contribution is 6.32. The topological polar surface area (TPSA) is 51.6 Å². The van der Waals surface area contributed by atoms with Crippen molar-refractivity contribution in [3.8, 4) is 44.8 Å². The maximum atomic E-state index is 13.9. The van der Waals surface area contributed by atoms with Crippen molar-refractivity contribution in [3.05, 3.63) is 142 Å². The molecule has 2 aromatic carbocycles. The molecule has 0 fully saturated rings. The number of nitrogens with zero attached hydrogens (tertiary/aromatic N) is 4. The summed E-state index contributed by atoms with van der Waals surface area (Å²) < 4.78 is 27.9. The summed E-state index contributed by atoms with van der Waals surface area (Å²) in [5, 5.41) is 0.0437.